The number of hydrogen-bond acceptors (Lipinski definition) is 4. The molecule has 0 amide bonds. The molecule has 0 N–H and O–H groups in total. The second-order valence-corrected chi connectivity index (χ2v) is 7.08. The van der Waals surface area contributed by atoms with Gasteiger partial charge in [0.2, 0.25) is 10.0 Å². The van der Waals surface area contributed by atoms with Crippen LogP contribution in [-0.2, 0) is 19.6 Å². The zero-order chi connectivity index (χ0) is 13.8. The first-order chi connectivity index (χ1) is 8.40. The van der Waals surface area contributed by atoms with Gasteiger partial charge in [-0.2, -0.15) is 0 Å². The number of hydrogen-bond donors (Lipinski definition) is 0. The molecule has 0 spiro atoms. The zero-order valence-corrected chi connectivity index (χ0v) is 12.3. The molecule has 1 rings (SSSR count). The first kappa shape index (κ1) is 15.7. The highest BCUT2D eigenvalue weighted by molar-refractivity contribution is 7.89. The van der Waals surface area contributed by atoms with Gasteiger partial charge < -0.3 is 4.74 Å². The zero-order valence-electron chi connectivity index (χ0n) is 10.8. The molecule has 1 aliphatic rings. The maximum absolute atomic E-state index is 12.1. The lowest BCUT2D eigenvalue weighted by molar-refractivity contribution is -0.146. The summed E-state index contributed by atoms with van der Waals surface area (Å²) >= 11 is 5.64. The summed E-state index contributed by atoms with van der Waals surface area (Å²) in [6.07, 6.45) is 1.37. The predicted octanol–water partition coefficient (Wildman–Crippen LogP) is 1.08. The molecule has 0 bridgehead atoms. The number of halogens is 1. The first-order valence-electron chi connectivity index (χ1n) is 6.02. The fourth-order valence-corrected chi connectivity index (χ4v) is 4.16. The lowest BCUT2D eigenvalue weighted by Gasteiger charge is -2.31. The van der Waals surface area contributed by atoms with Gasteiger partial charge in [0.1, 0.15) is 0 Å². The van der Waals surface area contributed by atoms with E-state index in [1.54, 1.807) is 6.92 Å². The third-order valence-corrected chi connectivity index (χ3v) is 5.71. The molecule has 0 aliphatic carbocycles. The van der Waals surface area contributed by atoms with Crippen LogP contribution in [0.2, 0.25) is 0 Å². The molecule has 2 atom stereocenters. The van der Waals surface area contributed by atoms with Gasteiger partial charge >= 0.3 is 5.97 Å². The number of nitrogens with zero attached hydrogens (tertiary/aromatic N) is 1. The number of carbonyl (C=O) groups is 1. The molecule has 106 valence electrons. The molecule has 0 aromatic heterocycles. The van der Waals surface area contributed by atoms with Crippen molar-refractivity contribution in [2.24, 2.45) is 11.8 Å². The molecule has 1 heterocycles. The Hall–Kier alpha value is -0.330. The van der Waals surface area contributed by atoms with Gasteiger partial charge in [0, 0.05) is 19.0 Å². The van der Waals surface area contributed by atoms with E-state index in [2.05, 4.69) is 4.74 Å². The van der Waals surface area contributed by atoms with Crippen LogP contribution in [-0.4, -0.2) is 50.5 Å². The summed E-state index contributed by atoms with van der Waals surface area (Å²) in [5.74, 6) is -0.418. The van der Waals surface area contributed by atoms with Crippen molar-refractivity contribution in [2.75, 3.05) is 31.8 Å². The highest BCUT2D eigenvalue weighted by Gasteiger charge is 2.33. The van der Waals surface area contributed by atoms with Crippen LogP contribution in [0.4, 0.5) is 0 Å². The quantitative estimate of drug-likeness (QED) is 0.562. The molecular weight excluding hydrogens is 278 g/mol. The standard InChI is InChI=1S/C11H20ClNO4S/c1-9(6-12)8-18(15,16)13-5-3-4-10(7-13)11(14)17-2/h9-10H,3-8H2,1-2H3. The summed E-state index contributed by atoms with van der Waals surface area (Å²) < 4.78 is 30.3. The number of ether oxygens (including phenoxy) is 1. The van der Waals surface area contributed by atoms with Crippen LogP contribution in [0.3, 0.4) is 0 Å². The lowest BCUT2D eigenvalue weighted by Crippen LogP contribution is -2.44. The molecule has 1 saturated heterocycles. The largest absolute Gasteiger partial charge is 0.469 e. The Bertz CT molecular complexity index is 385. The van der Waals surface area contributed by atoms with E-state index >= 15 is 0 Å². The molecule has 1 fully saturated rings. The van der Waals surface area contributed by atoms with E-state index < -0.39 is 10.0 Å². The molecule has 7 heteroatoms. The van der Waals surface area contributed by atoms with Crippen molar-refractivity contribution in [3.63, 3.8) is 0 Å². The molecular formula is C11H20ClNO4S. The van der Waals surface area contributed by atoms with Crippen molar-refractivity contribution < 1.29 is 17.9 Å². The second-order valence-electron chi connectivity index (χ2n) is 4.76. The van der Waals surface area contributed by atoms with Gasteiger partial charge in [0.25, 0.3) is 0 Å². The van der Waals surface area contributed by atoms with Crippen LogP contribution in [0.5, 0.6) is 0 Å². The van der Waals surface area contributed by atoms with E-state index in [-0.39, 0.29) is 30.1 Å². The average Bonchev–Trinajstić information content (AvgIpc) is 2.37. The summed E-state index contributed by atoms with van der Waals surface area (Å²) in [5.41, 5.74) is 0. The Morgan fingerprint density at radius 2 is 2.22 bits per heavy atom. The van der Waals surface area contributed by atoms with Gasteiger partial charge in [-0.05, 0) is 18.8 Å². The van der Waals surface area contributed by atoms with Crippen LogP contribution in [0.1, 0.15) is 19.8 Å². The lowest BCUT2D eigenvalue weighted by atomic mass is 10.0. The molecule has 0 aromatic carbocycles. The minimum Gasteiger partial charge on any atom is -0.469 e. The van der Waals surface area contributed by atoms with Gasteiger partial charge in [-0.15, -0.1) is 11.6 Å². The number of alkyl halides is 1. The fraction of sp³-hybridized carbons (Fsp3) is 0.909. The van der Waals surface area contributed by atoms with E-state index in [0.717, 1.165) is 0 Å². The van der Waals surface area contributed by atoms with Crippen molar-refractivity contribution in [2.45, 2.75) is 19.8 Å². The molecule has 1 aliphatic heterocycles. The Kier molecular flexibility index (Phi) is 5.88. The number of rotatable bonds is 5. The number of esters is 1. The second kappa shape index (κ2) is 6.73. The predicted molar refractivity (Wildman–Crippen MR) is 70.0 cm³/mol. The van der Waals surface area contributed by atoms with Crippen LogP contribution in [0.25, 0.3) is 0 Å². The van der Waals surface area contributed by atoms with Crippen molar-refractivity contribution >= 4 is 27.6 Å². The van der Waals surface area contributed by atoms with Gasteiger partial charge in [0.15, 0.2) is 0 Å². The van der Waals surface area contributed by atoms with Gasteiger partial charge in [0.05, 0.1) is 18.8 Å². The monoisotopic (exact) mass is 297 g/mol. The van der Waals surface area contributed by atoms with Crippen molar-refractivity contribution in [3.05, 3.63) is 0 Å². The van der Waals surface area contributed by atoms with Crippen molar-refractivity contribution in [1.29, 1.82) is 0 Å². The van der Waals surface area contributed by atoms with Crippen molar-refractivity contribution in [3.8, 4) is 0 Å². The Balaban J connectivity index is 2.68. The number of piperidine rings is 1. The smallest absolute Gasteiger partial charge is 0.309 e. The summed E-state index contributed by atoms with van der Waals surface area (Å²) in [4.78, 5) is 11.5. The molecule has 0 aromatic rings. The van der Waals surface area contributed by atoms with Crippen LogP contribution in [0.15, 0.2) is 0 Å². The summed E-state index contributed by atoms with van der Waals surface area (Å²) in [5, 5.41) is 0. The van der Waals surface area contributed by atoms with Crippen LogP contribution >= 0.6 is 11.6 Å². The number of sulfonamides is 1. The normalized spacial score (nSPS) is 23.6. The summed E-state index contributed by atoms with van der Waals surface area (Å²) in [6.45, 7) is 2.50. The highest BCUT2D eigenvalue weighted by Crippen LogP contribution is 2.21. The van der Waals surface area contributed by atoms with E-state index in [1.165, 1.54) is 11.4 Å². The highest BCUT2D eigenvalue weighted by atomic mass is 35.5. The Morgan fingerprint density at radius 1 is 1.56 bits per heavy atom. The van der Waals surface area contributed by atoms with Crippen LogP contribution < -0.4 is 0 Å². The maximum Gasteiger partial charge on any atom is 0.309 e. The van der Waals surface area contributed by atoms with Gasteiger partial charge in [-0.25, -0.2) is 12.7 Å². The third kappa shape index (κ3) is 4.10. The molecule has 5 nitrogen and oxygen atoms in total. The first-order valence-corrected chi connectivity index (χ1v) is 8.16. The van der Waals surface area contributed by atoms with Crippen LogP contribution in [0, 0.1) is 11.8 Å². The maximum atomic E-state index is 12.1. The van der Waals surface area contributed by atoms with E-state index in [4.69, 9.17) is 11.6 Å². The average molecular weight is 298 g/mol. The van der Waals surface area contributed by atoms with Crippen molar-refractivity contribution in [1.82, 2.24) is 4.31 Å². The topological polar surface area (TPSA) is 63.7 Å². The minimum atomic E-state index is -3.33. The minimum absolute atomic E-state index is 0.0321. The summed E-state index contributed by atoms with van der Waals surface area (Å²) in [7, 11) is -2.00. The van der Waals surface area contributed by atoms with E-state index in [0.29, 0.717) is 25.3 Å². The summed E-state index contributed by atoms with van der Waals surface area (Å²) in [6, 6.07) is 0. The van der Waals surface area contributed by atoms with E-state index in [1.807, 2.05) is 0 Å². The molecule has 2 unspecified atom stereocenters. The molecule has 0 saturated carbocycles. The number of methoxy groups -OCH3 is 1. The fourth-order valence-electron chi connectivity index (χ4n) is 2.06. The Labute approximate surface area is 113 Å². The number of carbonyl (C=O) groups excluding carboxylic acids is 1. The molecule has 0 radical (unpaired) electrons. The van der Waals surface area contributed by atoms with Gasteiger partial charge in [-0.1, -0.05) is 6.92 Å². The molecule has 18 heavy (non-hydrogen) atoms. The third-order valence-electron chi connectivity index (χ3n) is 3.07. The van der Waals surface area contributed by atoms with Gasteiger partial charge in [-0.3, -0.25) is 4.79 Å². The van der Waals surface area contributed by atoms with E-state index in [9.17, 15) is 13.2 Å². The SMILES string of the molecule is COC(=O)C1CCCN(S(=O)(=O)CC(C)CCl)C1. The Morgan fingerprint density at radius 3 is 2.78 bits per heavy atom.